The number of carbonyl (C=O) groups is 1. The molecule has 7 nitrogen and oxygen atoms in total. The molecule has 0 fully saturated rings. The number of rotatable bonds is 5. The molecule has 1 aromatic carbocycles. The minimum atomic E-state index is -0.0162. The lowest BCUT2D eigenvalue weighted by atomic mass is 9.96. The number of ether oxygens (including phenoxy) is 2. The Morgan fingerprint density at radius 2 is 2.15 bits per heavy atom. The third kappa shape index (κ3) is 4.26. The molecule has 1 amide bonds. The third-order valence-electron chi connectivity index (χ3n) is 5.98. The van der Waals surface area contributed by atoms with Gasteiger partial charge in [0.05, 0.1) is 18.2 Å². The Kier molecular flexibility index (Phi) is 5.69. The Morgan fingerprint density at radius 1 is 1.24 bits per heavy atom. The minimum Gasteiger partial charge on any atom is -0.493 e. The number of fused-ring (bicyclic) bond motifs is 2. The first-order chi connectivity index (χ1) is 16.1. The Balaban J connectivity index is 1.36. The second-order valence-corrected chi connectivity index (χ2v) is 8.18. The van der Waals surface area contributed by atoms with Crippen molar-refractivity contribution < 1.29 is 14.3 Å². The molecular formula is C26H26N4O3. The molecule has 33 heavy (non-hydrogen) atoms. The van der Waals surface area contributed by atoms with E-state index >= 15 is 0 Å². The minimum absolute atomic E-state index is 0.0162. The standard InChI is InChI=1S/C26H26N4O3/c1-3-5-16(4-2)21-14-28-25(29-21)18-12-17-13-19(6-8-22(17)32-15-18)33-23-10-11-27-26-20(23)7-9-24(31)30-26/h3-6,8,10-11,13-14,18H,7,9,12,15H2,1-2H3,(H,28,29)(H,27,30,31)/b5-3-,16-4+. The highest BCUT2D eigenvalue weighted by atomic mass is 16.5. The first kappa shape index (κ1) is 21.0. The largest absolute Gasteiger partial charge is 0.493 e. The molecule has 7 heteroatoms. The second kappa shape index (κ2) is 8.94. The van der Waals surface area contributed by atoms with Crippen molar-refractivity contribution in [3.8, 4) is 17.2 Å². The van der Waals surface area contributed by atoms with E-state index in [4.69, 9.17) is 14.5 Å². The average Bonchev–Trinajstić information content (AvgIpc) is 3.32. The van der Waals surface area contributed by atoms with E-state index in [1.165, 1.54) is 0 Å². The molecule has 0 saturated carbocycles. The number of aromatic amines is 1. The maximum Gasteiger partial charge on any atom is 0.225 e. The van der Waals surface area contributed by atoms with Crippen LogP contribution in [0.4, 0.5) is 5.82 Å². The van der Waals surface area contributed by atoms with Gasteiger partial charge in [-0.25, -0.2) is 9.97 Å². The second-order valence-electron chi connectivity index (χ2n) is 8.18. The fraction of sp³-hybridized carbons (Fsp3) is 0.269. The Labute approximate surface area is 192 Å². The Hall–Kier alpha value is -3.87. The monoisotopic (exact) mass is 442 g/mol. The summed E-state index contributed by atoms with van der Waals surface area (Å²) in [6.07, 6.45) is 11.6. The van der Waals surface area contributed by atoms with Gasteiger partial charge in [-0.05, 0) is 62.1 Å². The van der Waals surface area contributed by atoms with Crippen molar-refractivity contribution in [2.75, 3.05) is 11.9 Å². The number of nitrogens with one attached hydrogen (secondary N) is 2. The fourth-order valence-corrected chi connectivity index (χ4v) is 4.29. The summed E-state index contributed by atoms with van der Waals surface area (Å²) in [6, 6.07) is 7.72. The molecule has 0 saturated heterocycles. The first-order valence-corrected chi connectivity index (χ1v) is 11.2. The lowest BCUT2D eigenvalue weighted by molar-refractivity contribution is -0.116. The maximum atomic E-state index is 11.7. The molecule has 3 aromatic rings. The van der Waals surface area contributed by atoms with E-state index in [0.29, 0.717) is 31.0 Å². The highest BCUT2D eigenvalue weighted by Crippen LogP contribution is 2.37. The van der Waals surface area contributed by atoms with Crippen LogP contribution in [-0.2, 0) is 17.6 Å². The van der Waals surface area contributed by atoms with Gasteiger partial charge in [-0.15, -0.1) is 0 Å². The van der Waals surface area contributed by atoms with Gasteiger partial charge in [0.2, 0.25) is 5.91 Å². The predicted octanol–water partition coefficient (Wildman–Crippen LogP) is 5.18. The summed E-state index contributed by atoms with van der Waals surface area (Å²) in [4.78, 5) is 24.1. The molecule has 2 N–H and O–H groups in total. The lowest BCUT2D eigenvalue weighted by Crippen LogP contribution is -2.21. The van der Waals surface area contributed by atoms with Gasteiger partial charge in [-0.1, -0.05) is 18.2 Å². The molecule has 1 atom stereocenters. The van der Waals surface area contributed by atoms with Crippen molar-refractivity contribution in [2.24, 2.45) is 0 Å². The van der Waals surface area contributed by atoms with Crippen molar-refractivity contribution in [1.29, 1.82) is 0 Å². The molecule has 2 aliphatic heterocycles. The topological polar surface area (TPSA) is 89.1 Å². The molecule has 2 aliphatic rings. The fourth-order valence-electron chi connectivity index (χ4n) is 4.29. The number of imidazole rings is 1. The van der Waals surface area contributed by atoms with Gasteiger partial charge >= 0.3 is 0 Å². The van der Waals surface area contributed by atoms with E-state index < -0.39 is 0 Å². The highest BCUT2D eigenvalue weighted by molar-refractivity contribution is 5.93. The van der Waals surface area contributed by atoms with Crippen molar-refractivity contribution in [3.05, 3.63) is 77.5 Å². The quantitative estimate of drug-likeness (QED) is 0.532. The van der Waals surface area contributed by atoms with Crippen LogP contribution >= 0.6 is 0 Å². The normalized spacial score (nSPS) is 17.8. The predicted molar refractivity (Wildman–Crippen MR) is 127 cm³/mol. The summed E-state index contributed by atoms with van der Waals surface area (Å²) < 4.78 is 12.3. The summed E-state index contributed by atoms with van der Waals surface area (Å²) >= 11 is 0. The van der Waals surface area contributed by atoms with Gasteiger partial charge in [-0.3, -0.25) is 4.79 Å². The summed E-state index contributed by atoms with van der Waals surface area (Å²) in [5.41, 5.74) is 4.03. The first-order valence-electron chi connectivity index (χ1n) is 11.2. The van der Waals surface area contributed by atoms with Gasteiger partial charge in [0, 0.05) is 24.4 Å². The molecule has 5 rings (SSSR count). The van der Waals surface area contributed by atoms with E-state index in [-0.39, 0.29) is 11.8 Å². The van der Waals surface area contributed by atoms with Gasteiger partial charge in [-0.2, -0.15) is 0 Å². The number of allylic oxidation sites excluding steroid dienone is 4. The molecule has 1 unspecified atom stereocenters. The van der Waals surface area contributed by atoms with E-state index in [0.717, 1.165) is 46.1 Å². The van der Waals surface area contributed by atoms with Crippen LogP contribution in [0.15, 0.2) is 54.9 Å². The van der Waals surface area contributed by atoms with Crippen LogP contribution in [0.1, 0.15) is 48.8 Å². The van der Waals surface area contributed by atoms with Crippen molar-refractivity contribution in [3.63, 3.8) is 0 Å². The van der Waals surface area contributed by atoms with Gasteiger partial charge < -0.3 is 19.8 Å². The van der Waals surface area contributed by atoms with Crippen LogP contribution in [0.2, 0.25) is 0 Å². The number of hydrogen-bond acceptors (Lipinski definition) is 5. The number of aromatic nitrogens is 3. The highest BCUT2D eigenvalue weighted by Gasteiger charge is 2.25. The van der Waals surface area contributed by atoms with Gasteiger partial charge in [0.1, 0.15) is 28.9 Å². The number of H-pyrrole nitrogens is 1. The van der Waals surface area contributed by atoms with Gasteiger partial charge in [0.25, 0.3) is 0 Å². The smallest absolute Gasteiger partial charge is 0.225 e. The summed E-state index contributed by atoms with van der Waals surface area (Å²) in [6.45, 7) is 4.59. The van der Waals surface area contributed by atoms with E-state index in [2.05, 4.69) is 27.4 Å². The van der Waals surface area contributed by atoms with Crippen molar-refractivity contribution in [2.45, 2.75) is 39.0 Å². The zero-order valence-corrected chi connectivity index (χ0v) is 18.7. The summed E-state index contributed by atoms with van der Waals surface area (Å²) in [5, 5.41) is 2.81. The lowest BCUT2D eigenvalue weighted by Gasteiger charge is -2.25. The van der Waals surface area contributed by atoms with Crippen LogP contribution in [0.3, 0.4) is 0 Å². The molecule has 0 spiro atoms. The molecule has 0 aliphatic carbocycles. The van der Waals surface area contributed by atoms with Crippen molar-refractivity contribution >= 4 is 17.3 Å². The average molecular weight is 443 g/mol. The molecule has 0 bridgehead atoms. The third-order valence-corrected chi connectivity index (χ3v) is 5.98. The van der Waals surface area contributed by atoms with Crippen LogP contribution in [0.25, 0.3) is 5.57 Å². The van der Waals surface area contributed by atoms with Crippen LogP contribution in [-0.4, -0.2) is 27.5 Å². The number of nitrogens with zero attached hydrogens (tertiary/aromatic N) is 2. The number of benzene rings is 1. The van der Waals surface area contributed by atoms with E-state index in [1.54, 1.807) is 6.20 Å². The maximum absolute atomic E-state index is 11.7. The van der Waals surface area contributed by atoms with Crippen LogP contribution in [0.5, 0.6) is 17.2 Å². The van der Waals surface area contributed by atoms with Crippen LogP contribution in [0, 0.1) is 0 Å². The molecule has 0 radical (unpaired) electrons. The zero-order valence-electron chi connectivity index (χ0n) is 18.7. The SMILES string of the molecule is C/C=C\C(=C/C)c1c[nH]c(C2COc3ccc(Oc4ccnc5c4CCC(=O)N5)cc3C2)n1. The summed E-state index contributed by atoms with van der Waals surface area (Å²) in [5.74, 6) is 3.94. The summed E-state index contributed by atoms with van der Waals surface area (Å²) in [7, 11) is 0. The molecular weight excluding hydrogens is 416 g/mol. The van der Waals surface area contributed by atoms with Crippen LogP contribution < -0.4 is 14.8 Å². The Morgan fingerprint density at radius 3 is 3.00 bits per heavy atom. The van der Waals surface area contributed by atoms with E-state index in [9.17, 15) is 4.79 Å². The number of carbonyl (C=O) groups excluding carboxylic acids is 1. The Bertz CT molecular complexity index is 1260. The molecule has 2 aromatic heterocycles. The number of anilines is 1. The number of pyridine rings is 1. The molecule has 168 valence electrons. The van der Waals surface area contributed by atoms with E-state index in [1.807, 2.05) is 50.4 Å². The molecule has 4 heterocycles. The number of hydrogen-bond donors (Lipinski definition) is 2. The zero-order chi connectivity index (χ0) is 22.8. The van der Waals surface area contributed by atoms with Crippen molar-refractivity contribution in [1.82, 2.24) is 15.0 Å². The number of amides is 1. The van der Waals surface area contributed by atoms with Gasteiger partial charge in [0.15, 0.2) is 0 Å².